The molecule has 2 N–H and O–H groups in total. The van der Waals surface area contributed by atoms with Crippen molar-refractivity contribution < 1.29 is 0 Å². The van der Waals surface area contributed by atoms with Gasteiger partial charge >= 0.3 is 0 Å². The van der Waals surface area contributed by atoms with Crippen LogP contribution in [0.5, 0.6) is 0 Å². The summed E-state index contributed by atoms with van der Waals surface area (Å²) >= 11 is 0. The monoisotopic (exact) mass is 347 g/mol. The van der Waals surface area contributed by atoms with Gasteiger partial charge in [-0.05, 0) is 73.5 Å². The van der Waals surface area contributed by atoms with Crippen LogP contribution in [0.15, 0.2) is 0 Å². The second-order valence-corrected chi connectivity index (χ2v) is 10.4. The van der Waals surface area contributed by atoms with Crippen LogP contribution in [0.2, 0.25) is 0 Å². The predicted molar refractivity (Wildman–Crippen MR) is 109 cm³/mol. The fourth-order valence-corrected chi connectivity index (χ4v) is 6.92. The molecule has 1 heteroatoms. The third kappa shape index (κ3) is 5.02. The van der Waals surface area contributed by atoms with E-state index in [1.807, 2.05) is 0 Å². The van der Waals surface area contributed by atoms with Crippen molar-refractivity contribution in [3.63, 3.8) is 0 Å². The smallest absolute Gasteiger partial charge is 0.00389 e. The van der Waals surface area contributed by atoms with Gasteiger partial charge in [0.05, 0.1) is 0 Å². The first-order valence-electron chi connectivity index (χ1n) is 11.8. The van der Waals surface area contributed by atoms with Gasteiger partial charge in [0.15, 0.2) is 0 Å². The van der Waals surface area contributed by atoms with Crippen molar-refractivity contribution >= 4 is 0 Å². The van der Waals surface area contributed by atoms with E-state index in [1.165, 1.54) is 83.5 Å². The summed E-state index contributed by atoms with van der Waals surface area (Å²) < 4.78 is 0. The number of hydrogen-bond donors (Lipinski definition) is 1. The molecule has 3 rings (SSSR count). The molecular formula is C24H45N. The van der Waals surface area contributed by atoms with Gasteiger partial charge in [0.25, 0.3) is 0 Å². The molecule has 3 fully saturated rings. The second kappa shape index (κ2) is 9.25. The van der Waals surface area contributed by atoms with Crippen molar-refractivity contribution in [2.75, 3.05) is 0 Å². The lowest BCUT2D eigenvalue weighted by Crippen LogP contribution is -2.25. The van der Waals surface area contributed by atoms with Gasteiger partial charge in [0, 0.05) is 6.04 Å². The zero-order valence-corrected chi connectivity index (χ0v) is 17.4. The first-order chi connectivity index (χ1) is 12.1. The summed E-state index contributed by atoms with van der Waals surface area (Å²) in [6, 6.07) is 0.487. The van der Waals surface area contributed by atoms with E-state index in [1.54, 1.807) is 0 Å². The molecule has 0 spiro atoms. The molecule has 0 heterocycles. The van der Waals surface area contributed by atoms with Gasteiger partial charge in [0.2, 0.25) is 0 Å². The van der Waals surface area contributed by atoms with Crippen LogP contribution in [0.3, 0.4) is 0 Å². The predicted octanol–water partition coefficient (Wildman–Crippen LogP) is 6.80. The molecule has 3 saturated carbocycles. The molecule has 0 aliphatic heterocycles. The Labute approximate surface area is 157 Å². The SMILES string of the molecule is CC1CC(C2CCCCCC2)C(C)[C@@H](C)CC1C1CCCC(N)CC1. The Morgan fingerprint density at radius 3 is 1.88 bits per heavy atom. The normalized spacial score (nSPS) is 45.4. The highest BCUT2D eigenvalue weighted by molar-refractivity contribution is 4.90. The van der Waals surface area contributed by atoms with Crippen LogP contribution in [0.4, 0.5) is 0 Å². The van der Waals surface area contributed by atoms with Crippen LogP contribution < -0.4 is 5.73 Å². The first kappa shape index (κ1) is 19.7. The third-order valence-electron chi connectivity index (χ3n) is 8.76. The molecule has 25 heavy (non-hydrogen) atoms. The lowest BCUT2D eigenvalue weighted by molar-refractivity contribution is 0.159. The van der Waals surface area contributed by atoms with E-state index in [4.69, 9.17) is 5.73 Å². The Bertz CT molecular complexity index is 384. The summed E-state index contributed by atoms with van der Waals surface area (Å²) in [4.78, 5) is 0. The van der Waals surface area contributed by atoms with Crippen LogP contribution in [-0.4, -0.2) is 6.04 Å². The number of nitrogens with two attached hydrogens (primary N) is 1. The van der Waals surface area contributed by atoms with E-state index in [0.717, 1.165) is 41.4 Å². The summed E-state index contributed by atoms with van der Waals surface area (Å²) in [7, 11) is 0. The molecule has 0 bridgehead atoms. The molecule has 1 nitrogen and oxygen atoms in total. The van der Waals surface area contributed by atoms with Crippen LogP contribution in [0.25, 0.3) is 0 Å². The Balaban J connectivity index is 1.69. The number of hydrogen-bond acceptors (Lipinski definition) is 1. The lowest BCUT2D eigenvalue weighted by Gasteiger charge is -2.34. The third-order valence-corrected chi connectivity index (χ3v) is 8.76. The summed E-state index contributed by atoms with van der Waals surface area (Å²) in [5, 5.41) is 0. The van der Waals surface area contributed by atoms with Crippen molar-refractivity contribution in [1.29, 1.82) is 0 Å². The van der Waals surface area contributed by atoms with Crippen molar-refractivity contribution in [3.05, 3.63) is 0 Å². The van der Waals surface area contributed by atoms with Crippen molar-refractivity contribution in [2.45, 2.75) is 110 Å². The zero-order chi connectivity index (χ0) is 17.8. The second-order valence-electron chi connectivity index (χ2n) is 10.4. The molecule has 6 unspecified atom stereocenters. The Morgan fingerprint density at radius 2 is 1.16 bits per heavy atom. The largest absolute Gasteiger partial charge is 0.328 e. The van der Waals surface area contributed by atoms with Crippen LogP contribution in [0, 0.1) is 41.4 Å². The molecule has 0 saturated heterocycles. The Morgan fingerprint density at radius 1 is 0.560 bits per heavy atom. The van der Waals surface area contributed by atoms with Gasteiger partial charge in [-0.1, -0.05) is 72.1 Å². The van der Waals surface area contributed by atoms with Crippen LogP contribution in [0.1, 0.15) is 104 Å². The lowest BCUT2D eigenvalue weighted by atomic mass is 9.72. The highest BCUT2D eigenvalue weighted by atomic mass is 14.6. The minimum atomic E-state index is 0.487. The average Bonchev–Trinajstić information content (AvgIpc) is 3.02. The fraction of sp³-hybridized carbons (Fsp3) is 1.00. The van der Waals surface area contributed by atoms with E-state index in [-0.39, 0.29) is 0 Å². The standard InChI is InChI=1S/C24H45N/c1-17-15-23(21-11-8-12-22(25)14-13-21)18(2)16-24(19(17)3)20-9-6-4-5-7-10-20/h17-24H,4-16,25H2,1-3H3/t17-,18?,19?,21?,22?,23?,24?/m0/s1. The van der Waals surface area contributed by atoms with Gasteiger partial charge in [-0.25, -0.2) is 0 Å². The molecule has 0 aromatic heterocycles. The molecule has 0 aromatic carbocycles. The summed E-state index contributed by atoms with van der Waals surface area (Å²) in [5.41, 5.74) is 6.28. The van der Waals surface area contributed by atoms with Crippen LogP contribution >= 0.6 is 0 Å². The fourth-order valence-electron chi connectivity index (χ4n) is 6.92. The molecule has 3 aliphatic carbocycles. The maximum Gasteiger partial charge on any atom is 0.00389 e. The minimum Gasteiger partial charge on any atom is -0.328 e. The van der Waals surface area contributed by atoms with E-state index in [2.05, 4.69) is 20.8 Å². The topological polar surface area (TPSA) is 26.0 Å². The van der Waals surface area contributed by atoms with E-state index in [9.17, 15) is 0 Å². The number of rotatable bonds is 2. The van der Waals surface area contributed by atoms with E-state index >= 15 is 0 Å². The maximum absolute atomic E-state index is 6.28. The van der Waals surface area contributed by atoms with E-state index in [0.29, 0.717) is 6.04 Å². The van der Waals surface area contributed by atoms with Gasteiger partial charge < -0.3 is 5.73 Å². The highest BCUT2D eigenvalue weighted by Crippen LogP contribution is 2.48. The van der Waals surface area contributed by atoms with Crippen molar-refractivity contribution in [1.82, 2.24) is 0 Å². The average molecular weight is 348 g/mol. The quantitative estimate of drug-likeness (QED) is 0.546. The molecule has 3 aliphatic rings. The van der Waals surface area contributed by atoms with Crippen molar-refractivity contribution in [3.8, 4) is 0 Å². The summed E-state index contributed by atoms with van der Waals surface area (Å²) in [6.45, 7) is 7.81. The Kier molecular flexibility index (Phi) is 7.29. The van der Waals surface area contributed by atoms with Crippen LogP contribution in [-0.2, 0) is 0 Å². The first-order valence-corrected chi connectivity index (χ1v) is 11.8. The molecule has 146 valence electrons. The molecule has 7 atom stereocenters. The summed E-state index contributed by atoms with van der Waals surface area (Å²) in [6.07, 6.45) is 18.8. The van der Waals surface area contributed by atoms with Crippen molar-refractivity contribution in [2.24, 2.45) is 47.2 Å². The van der Waals surface area contributed by atoms with Gasteiger partial charge in [0.1, 0.15) is 0 Å². The molecule has 0 amide bonds. The molecule has 0 radical (unpaired) electrons. The highest BCUT2D eigenvalue weighted by Gasteiger charge is 2.40. The van der Waals surface area contributed by atoms with E-state index < -0.39 is 0 Å². The molecular weight excluding hydrogens is 302 g/mol. The minimum absolute atomic E-state index is 0.487. The summed E-state index contributed by atoms with van der Waals surface area (Å²) in [5.74, 6) is 6.75. The maximum atomic E-state index is 6.28. The van der Waals surface area contributed by atoms with Gasteiger partial charge in [-0.15, -0.1) is 0 Å². The Hall–Kier alpha value is -0.0400. The van der Waals surface area contributed by atoms with Gasteiger partial charge in [-0.2, -0.15) is 0 Å². The molecule has 0 aromatic rings. The zero-order valence-electron chi connectivity index (χ0n) is 17.4. The van der Waals surface area contributed by atoms with Gasteiger partial charge in [-0.3, -0.25) is 0 Å².